The predicted molar refractivity (Wildman–Crippen MR) is 75.5 cm³/mol. The Morgan fingerprint density at radius 1 is 1.39 bits per heavy atom. The predicted octanol–water partition coefficient (Wildman–Crippen LogP) is 3.15. The summed E-state index contributed by atoms with van der Waals surface area (Å²) >= 11 is 1.69. The fraction of sp³-hybridized carbons (Fsp3) is 0.643. The molecule has 100 valence electrons. The molecule has 4 heteroatoms. The first kappa shape index (κ1) is 13.6. The number of thiophene rings is 1. The molecule has 3 nitrogen and oxygen atoms in total. The van der Waals surface area contributed by atoms with Gasteiger partial charge in [-0.05, 0) is 41.7 Å². The minimum atomic E-state index is -0.0181. The van der Waals surface area contributed by atoms with E-state index in [0.29, 0.717) is 6.04 Å². The number of carbonyl (C=O) groups is 1. The molecule has 0 radical (unpaired) electrons. The molecule has 1 fully saturated rings. The van der Waals surface area contributed by atoms with Gasteiger partial charge in [0.05, 0.1) is 6.04 Å². The molecule has 2 heterocycles. The summed E-state index contributed by atoms with van der Waals surface area (Å²) in [5.74, 6) is 0.266. The van der Waals surface area contributed by atoms with Gasteiger partial charge in [-0.3, -0.25) is 10.1 Å². The second-order valence-electron chi connectivity index (χ2n) is 4.80. The van der Waals surface area contributed by atoms with Crippen molar-refractivity contribution in [1.82, 2.24) is 10.2 Å². The number of nitrogens with one attached hydrogen (secondary N) is 1. The highest BCUT2D eigenvalue weighted by Gasteiger charge is 2.41. The molecule has 1 aliphatic heterocycles. The van der Waals surface area contributed by atoms with Crippen LogP contribution in [-0.4, -0.2) is 22.9 Å². The van der Waals surface area contributed by atoms with Gasteiger partial charge in [-0.1, -0.05) is 20.8 Å². The molecule has 0 saturated carbocycles. The molecule has 1 aliphatic rings. The third-order valence-corrected chi connectivity index (χ3v) is 4.49. The molecule has 0 aliphatic carbocycles. The molecule has 2 unspecified atom stereocenters. The lowest BCUT2D eigenvalue weighted by Crippen LogP contribution is -2.39. The Balaban J connectivity index is 2.28. The maximum absolute atomic E-state index is 12.5. The summed E-state index contributed by atoms with van der Waals surface area (Å²) in [7, 11) is 0. The number of rotatable bonds is 5. The Kier molecular flexibility index (Phi) is 4.40. The Bertz CT molecular complexity index is 387. The van der Waals surface area contributed by atoms with Crippen molar-refractivity contribution >= 4 is 17.2 Å². The van der Waals surface area contributed by atoms with Gasteiger partial charge in [0.1, 0.15) is 6.17 Å². The van der Waals surface area contributed by atoms with Crippen molar-refractivity contribution in [2.24, 2.45) is 0 Å². The molecule has 2 atom stereocenters. The molecule has 18 heavy (non-hydrogen) atoms. The van der Waals surface area contributed by atoms with Crippen LogP contribution >= 0.6 is 11.3 Å². The van der Waals surface area contributed by atoms with Gasteiger partial charge in [0.25, 0.3) is 0 Å². The van der Waals surface area contributed by atoms with Gasteiger partial charge >= 0.3 is 0 Å². The molecule has 1 amide bonds. The second kappa shape index (κ2) is 5.85. The summed E-state index contributed by atoms with van der Waals surface area (Å²) in [5, 5.41) is 7.69. The van der Waals surface area contributed by atoms with E-state index in [9.17, 15) is 4.79 Å². The Labute approximate surface area is 113 Å². The summed E-state index contributed by atoms with van der Waals surface area (Å²) < 4.78 is 0. The zero-order valence-corrected chi connectivity index (χ0v) is 12.2. The molecule has 1 aromatic heterocycles. The van der Waals surface area contributed by atoms with Crippen LogP contribution in [0.25, 0.3) is 0 Å². The van der Waals surface area contributed by atoms with E-state index in [1.165, 1.54) is 5.56 Å². The van der Waals surface area contributed by atoms with Crippen LogP contribution < -0.4 is 5.32 Å². The standard InChI is InChI=1S/C14H22N2OS/c1-4-11(5-2)16-13(10-7-8-18-9-10)15-12(6-3)14(16)17/h7-9,11-13,15H,4-6H2,1-3H3. The highest BCUT2D eigenvalue weighted by molar-refractivity contribution is 7.07. The molecule has 1 N–H and O–H groups in total. The maximum Gasteiger partial charge on any atom is 0.241 e. The van der Waals surface area contributed by atoms with E-state index in [2.05, 4.69) is 47.8 Å². The lowest BCUT2D eigenvalue weighted by atomic mass is 10.1. The van der Waals surface area contributed by atoms with E-state index in [1.807, 2.05) is 0 Å². The first-order chi connectivity index (χ1) is 8.72. The fourth-order valence-corrected chi connectivity index (χ4v) is 3.38. The first-order valence-electron chi connectivity index (χ1n) is 6.83. The van der Waals surface area contributed by atoms with E-state index in [-0.39, 0.29) is 18.1 Å². The fourth-order valence-electron chi connectivity index (χ4n) is 2.70. The largest absolute Gasteiger partial charge is 0.319 e. The second-order valence-corrected chi connectivity index (χ2v) is 5.58. The van der Waals surface area contributed by atoms with Crippen LogP contribution in [0.2, 0.25) is 0 Å². The van der Waals surface area contributed by atoms with Gasteiger partial charge in [-0.15, -0.1) is 0 Å². The summed E-state index contributed by atoms with van der Waals surface area (Å²) in [5.41, 5.74) is 1.22. The van der Waals surface area contributed by atoms with Crippen molar-refractivity contribution in [3.63, 3.8) is 0 Å². The monoisotopic (exact) mass is 266 g/mol. The van der Waals surface area contributed by atoms with E-state index >= 15 is 0 Å². The number of nitrogens with zero attached hydrogens (tertiary/aromatic N) is 1. The third-order valence-electron chi connectivity index (χ3n) is 3.79. The van der Waals surface area contributed by atoms with Gasteiger partial charge in [-0.25, -0.2) is 0 Å². The summed E-state index contributed by atoms with van der Waals surface area (Å²) in [6.45, 7) is 6.38. The van der Waals surface area contributed by atoms with Crippen LogP contribution in [0.15, 0.2) is 16.8 Å². The molecule has 0 bridgehead atoms. The Morgan fingerprint density at radius 3 is 2.61 bits per heavy atom. The Morgan fingerprint density at radius 2 is 2.11 bits per heavy atom. The van der Waals surface area contributed by atoms with Crippen molar-refractivity contribution in [3.8, 4) is 0 Å². The Hall–Kier alpha value is -0.870. The summed E-state index contributed by atoms with van der Waals surface area (Å²) in [6.07, 6.45) is 2.96. The molecule has 0 aromatic carbocycles. The highest BCUT2D eigenvalue weighted by Crippen LogP contribution is 2.31. The summed E-state index contributed by atoms with van der Waals surface area (Å²) in [4.78, 5) is 14.5. The molecular formula is C14H22N2OS. The van der Waals surface area contributed by atoms with Crippen LogP contribution in [-0.2, 0) is 4.79 Å². The van der Waals surface area contributed by atoms with Crippen molar-refractivity contribution in [1.29, 1.82) is 0 Å². The smallest absolute Gasteiger partial charge is 0.241 e. The van der Waals surface area contributed by atoms with Crippen LogP contribution in [0.3, 0.4) is 0 Å². The van der Waals surface area contributed by atoms with Crippen LogP contribution in [0.5, 0.6) is 0 Å². The normalized spacial score (nSPS) is 24.2. The minimum Gasteiger partial charge on any atom is -0.319 e. The lowest BCUT2D eigenvalue weighted by Gasteiger charge is -2.31. The first-order valence-corrected chi connectivity index (χ1v) is 7.77. The van der Waals surface area contributed by atoms with Gasteiger partial charge in [0, 0.05) is 6.04 Å². The van der Waals surface area contributed by atoms with Gasteiger partial charge in [0.2, 0.25) is 5.91 Å². The molecule has 0 spiro atoms. The number of amides is 1. The van der Waals surface area contributed by atoms with E-state index < -0.39 is 0 Å². The highest BCUT2D eigenvalue weighted by atomic mass is 32.1. The molecular weight excluding hydrogens is 244 g/mol. The minimum absolute atomic E-state index is 0.0181. The van der Waals surface area contributed by atoms with E-state index in [1.54, 1.807) is 11.3 Å². The molecule has 2 rings (SSSR count). The van der Waals surface area contributed by atoms with Crippen LogP contribution in [0, 0.1) is 0 Å². The zero-order chi connectivity index (χ0) is 13.1. The maximum atomic E-state index is 12.5. The van der Waals surface area contributed by atoms with Crippen molar-refractivity contribution in [2.75, 3.05) is 0 Å². The van der Waals surface area contributed by atoms with Crippen molar-refractivity contribution < 1.29 is 4.79 Å². The van der Waals surface area contributed by atoms with E-state index in [0.717, 1.165) is 19.3 Å². The number of hydrogen-bond donors (Lipinski definition) is 1. The number of carbonyl (C=O) groups excluding carboxylic acids is 1. The third kappa shape index (κ3) is 2.31. The lowest BCUT2D eigenvalue weighted by molar-refractivity contribution is -0.132. The molecule has 1 saturated heterocycles. The van der Waals surface area contributed by atoms with Gasteiger partial charge in [0.15, 0.2) is 0 Å². The van der Waals surface area contributed by atoms with Crippen molar-refractivity contribution in [2.45, 2.75) is 58.3 Å². The topological polar surface area (TPSA) is 32.3 Å². The molecule has 1 aromatic rings. The van der Waals surface area contributed by atoms with Crippen LogP contribution in [0.4, 0.5) is 0 Å². The number of hydrogen-bond acceptors (Lipinski definition) is 3. The SMILES string of the molecule is CCC1NC(c2ccsc2)N(C(CC)CC)C1=O. The summed E-state index contributed by atoms with van der Waals surface area (Å²) in [6, 6.07) is 2.44. The quantitative estimate of drug-likeness (QED) is 0.888. The van der Waals surface area contributed by atoms with E-state index in [4.69, 9.17) is 0 Å². The van der Waals surface area contributed by atoms with Gasteiger partial charge < -0.3 is 4.90 Å². The zero-order valence-electron chi connectivity index (χ0n) is 11.3. The van der Waals surface area contributed by atoms with Crippen LogP contribution in [0.1, 0.15) is 51.8 Å². The van der Waals surface area contributed by atoms with Crippen molar-refractivity contribution in [3.05, 3.63) is 22.4 Å². The average molecular weight is 266 g/mol. The average Bonchev–Trinajstić information content (AvgIpc) is 3.00. The van der Waals surface area contributed by atoms with Gasteiger partial charge in [-0.2, -0.15) is 11.3 Å².